The van der Waals surface area contributed by atoms with Crippen LogP contribution < -0.4 is 0 Å². The minimum absolute atomic E-state index is 1.29. The lowest BCUT2D eigenvalue weighted by Crippen LogP contribution is -2.00. The van der Waals surface area contributed by atoms with E-state index < -0.39 is 0 Å². The predicted octanol–water partition coefficient (Wildman–Crippen LogP) is 9.28. The average molecular weight is 373 g/mol. The van der Waals surface area contributed by atoms with Crippen LogP contribution >= 0.6 is 0 Å². The second-order valence-electron chi connectivity index (χ2n) is 8.82. The van der Waals surface area contributed by atoms with E-state index in [0.717, 1.165) is 0 Å². The molecule has 0 aliphatic rings. The van der Waals surface area contributed by atoms with E-state index >= 15 is 0 Å². The lowest BCUT2D eigenvalue weighted by Gasteiger charge is -2.14. The maximum atomic E-state index is 2.47. The van der Waals surface area contributed by atoms with E-state index in [-0.39, 0.29) is 0 Å². The van der Waals surface area contributed by atoms with Crippen molar-refractivity contribution in [3.05, 3.63) is 34.4 Å². The summed E-state index contributed by atoms with van der Waals surface area (Å²) in [5, 5.41) is 0. The Balaban J connectivity index is 2.28. The minimum atomic E-state index is 1.29. The Hall–Kier alpha value is -0.780. The summed E-state index contributed by atoms with van der Waals surface area (Å²) in [4.78, 5) is 0. The van der Waals surface area contributed by atoms with Crippen LogP contribution in [-0.2, 0) is 12.8 Å². The number of benzene rings is 1. The van der Waals surface area contributed by atoms with E-state index in [1.165, 1.54) is 120 Å². The summed E-state index contributed by atoms with van der Waals surface area (Å²) in [6.45, 7) is 9.19. The van der Waals surface area contributed by atoms with Crippen molar-refractivity contribution in [2.45, 2.75) is 137 Å². The molecule has 0 spiro atoms. The zero-order valence-corrected chi connectivity index (χ0v) is 19.2. The lowest BCUT2D eigenvalue weighted by atomic mass is 9.91. The fourth-order valence-corrected chi connectivity index (χ4v) is 4.37. The van der Waals surface area contributed by atoms with E-state index in [1.807, 2.05) is 0 Å². The molecule has 0 nitrogen and oxygen atoms in total. The van der Waals surface area contributed by atoms with Gasteiger partial charge in [-0.15, -0.1) is 0 Å². The standard InChI is InChI=1S/C27H48/c1-5-7-9-11-12-13-14-15-17-19-21-27-25(4)22-24(3)23-26(27)20-18-16-10-8-6-2/h22-23H,5-21H2,1-4H3. The molecule has 0 atom stereocenters. The van der Waals surface area contributed by atoms with Gasteiger partial charge < -0.3 is 0 Å². The average Bonchev–Trinajstić information content (AvgIpc) is 2.64. The van der Waals surface area contributed by atoms with Crippen LogP contribution in [0.5, 0.6) is 0 Å². The Bertz CT molecular complexity index is 471. The highest BCUT2D eigenvalue weighted by atomic mass is 14.1. The molecule has 1 aromatic rings. The fourth-order valence-electron chi connectivity index (χ4n) is 4.37. The third-order valence-corrected chi connectivity index (χ3v) is 6.04. The molecule has 0 heterocycles. The van der Waals surface area contributed by atoms with E-state index in [4.69, 9.17) is 0 Å². The van der Waals surface area contributed by atoms with Crippen molar-refractivity contribution in [3.63, 3.8) is 0 Å². The van der Waals surface area contributed by atoms with Crippen molar-refractivity contribution >= 4 is 0 Å². The van der Waals surface area contributed by atoms with Crippen molar-refractivity contribution in [3.8, 4) is 0 Å². The summed E-state index contributed by atoms with van der Waals surface area (Å²) in [6.07, 6.45) is 23.8. The van der Waals surface area contributed by atoms with Gasteiger partial charge in [-0.25, -0.2) is 0 Å². The summed E-state index contributed by atoms with van der Waals surface area (Å²) in [7, 11) is 0. The Morgan fingerprint density at radius 3 is 1.48 bits per heavy atom. The SMILES string of the molecule is CCCCCCCCCCCCc1c(C)cc(C)cc1CCCCCCC. The van der Waals surface area contributed by atoms with Gasteiger partial charge in [-0.05, 0) is 56.2 Å². The zero-order valence-electron chi connectivity index (χ0n) is 19.2. The van der Waals surface area contributed by atoms with Gasteiger partial charge in [-0.3, -0.25) is 0 Å². The van der Waals surface area contributed by atoms with Crippen LogP contribution in [0.2, 0.25) is 0 Å². The van der Waals surface area contributed by atoms with E-state index in [2.05, 4.69) is 39.8 Å². The van der Waals surface area contributed by atoms with Gasteiger partial charge in [0.05, 0.1) is 0 Å². The normalized spacial score (nSPS) is 11.3. The summed E-state index contributed by atoms with van der Waals surface area (Å²) in [5.41, 5.74) is 6.31. The van der Waals surface area contributed by atoms with Gasteiger partial charge in [0, 0.05) is 0 Å². The number of aryl methyl sites for hydroxylation is 3. The Morgan fingerprint density at radius 1 is 0.519 bits per heavy atom. The second-order valence-corrected chi connectivity index (χ2v) is 8.82. The molecule has 0 aliphatic heterocycles. The minimum Gasteiger partial charge on any atom is -0.0654 e. The summed E-state index contributed by atoms with van der Waals surface area (Å²) in [5.74, 6) is 0. The van der Waals surface area contributed by atoms with Gasteiger partial charge in [0.1, 0.15) is 0 Å². The van der Waals surface area contributed by atoms with Crippen molar-refractivity contribution in [2.24, 2.45) is 0 Å². The van der Waals surface area contributed by atoms with Crippen LogP contribution in [0.4, 0.5) is 0 Å². The van der Waals surface area contributed by atoms with Gasteiger partial charge in [0.25, 0.3) is 0 Å². The largest absolute Gasteiger partial charge is 0.0654 e. The van der Waals surface area contributed by atoms with E-state index in [0.29, 0.717) is 0 Å². The Kier molecular flexibility index (Phi) is 14.6. The van der Waals surface area contributed by atoms with E-state index in [9.17, 15) is 0 Å². The van der Waals surface area contributed by atoms with Crippen LogP contribution in [0.25, 0.3) is 0 Å². The maximum absolute atomic E-state index is 2.47. The van der Waals surface area contributed by atoms with Crippen molar-refractivity contribution in [1.82, 2.24) is 0 Å². The van der Waals surface area contributed by atoms with Gasteiger partial charge in [0.15, 0.2) is 0 Å². The topological polar surface area (TPSA) is 0 Å². The zero-order chi connectivity index (χ0) is 19.7. The molecule has 156 valence electrons. The molecule has 27 heavy (non-hydrogen) atoms. The predicted molar refractivity (Wildman–Crippen MR) is 124 cm³/mol. The highest BCUT2D eigenvalue weighted by Gasteiger charge is 2.07. The molecule has 0 amide bonds. The molecule has 0 fully saturated rings. The molecule has 0 saturated carbocycles. The highest BCUT2D eigenvalue weighted by Crippen LogP contribution is 2.22. The molecular weight excluding hydrogens is 324 g/mol. The number of rotatable bonds is 17. The van der Waals surface area contributed by atoms with Gasteiger partial charge in [-0.2, -0.15) is 0 Å². The van der Waals surface area contributed by atoms with Gasteiger partial charge >= 0.3 is 0 Å². The second kappa shape index (κ2) is 16.2. The number of hydrogen-bond donors (Lipinski definition) is 0. The quantitative estimate of drug-likeness (QED) is 0.239. The highest BCUT2D eigenvalue weighted by molar-refractivity contribution is 5.38. The number of hydrogen-bond acceptors (Lipinski definition) is 0. The molecule has 0 radical (unpaired) electrons. The molecule has 0 aromatic heterocycles. The molecular formula is C27H48. The van der Waals surface area contributed by atoms with Crippen LogP contribution in [0.3, 0.4) is 0 Å². The monoisotopic (exact) mass is 372 g/mol. The van der Waals surface area contributed by atoms with Crippen LogP contribution in [0.15, 0.2) is 12.1 Å². The summed E-state index contributed by atoms with van der Waals surface area (Å²) in [6, 6.07) is 4.87. The first-order chi connectivity index (χ1) is 13.2. The molecule has 0 saturated heterocycles. The summed E-state index contributed by atoms with van der Waals surface area (Å²) < 4.78 is 0. The van der Waals surface area contributed by atoms with Crippen molar-refractivity contribution in [2.75, 3.05) is 0 Å². The first-order valence-corrected chi connectivity index (χ1v) is 12.3. The molecule has 1 rings (SSSR count). The van der Waals surface area contributed by atoms with Crippen LogP contribution in [0, 0.1) is 13.8 Å². The maximum Gasteiger partial charge on any atom is -0.0274 e. The first kappa shape index (κ1) is 24.3. The molecule has 0 aliphatic carbocycles. The fraction of sp³-hybridized carbons (Fsp3) is 0.778. The Morgan fingerprint density at radius 2 is 0.963 bits per heavy atom. The summed E-state index contributed by atoms with van der Waals surface area (Å²) >= 11 is 0. The smallest absolute Gasteiger partial charge is 0.0274 e. The van der Waals surface area contributed by atoms with Crippen molar-refractivity contribution in [1.29, 1.82) is 0 Å². The van der Waals surface area contributed by atoms with Gasteiger partial charge in [-0.1, -0.05) is 115 Å². The molecule has 0 bridgehead atoms. The Labute approximate surface area is 171 Å². The van der Waals surface area contributed by atoms with Crippen molar-refractivity contribution < 1.29 is 0 Å². The molecule has 0 heteroatoms. The van der Waals surface area contributed by atoms with Crippen LogP contribution in [0.1, 0.15) is 132 Å². The lowest BCUT2D eigenvalue weighted by molar-refractivity contribution is 0.555. The molecule has 1 aromatic carbocycles. The molecule has 0 unspecified atom stereocenters. The van der Waals surface area contributed by atoms with Gasteiger partial charge in [0.2, 0.25) is 0 Å². The first-order valence-electron chi connectivity index (χ1n) is 12.3. The van der Waals surface area contributed by atoms with E-state index in [1.54, 1.807) is 11.1 Å². The number of unbranched alkanes of at least 4 members (excludes halogenated alkanes) is 13. The third kappa shape index (κ3) is 11.6. The third-order valence-electron chi connectivity index (χ3n) is 6.04. The van der Waals surface area contributed by atoms with Crippen LogP contribution in [-0.4, -0.2) is 0 Å². The molecule has 0 N–H and O–H groups in total.